The predicted molar refractivity (Wildman–Crippen MR) is 78.6 cm³/mol. The van der Waals surface area contributed by atoms with Crippen molar-refractivity contribution in [3.05, 3.63) is 58.9 Å². The Labute approximate surface area is 130 Å². The van der Waals surface area contributed by atoms with Crippen molar-refractivity contribution in [2.24, 2.45) is 0 Å². The van der Waals surface area contributed by atoms with E-state index in [4.69, 9.17) is 5.26 Å². The number of aromatic hydroxyl groups is 1. The number of carbonyl (C=O) groups is 1. The largest absolute Gasteiger partial charge is 0.507 e. The molecule has 3 rings (SSSR count). The van der Waals surface area contributed by atoms with E-state index in [-0.39, 0.29) is 28.3 Å². The van der Waals surface area contributed by atoms with E-state index in [9.17, 15) is 14.3 Å². The predicted octanol–water partition coefficient (Wildman–Crippen LogP) is 2.24. The molecule has 2 heterocycles. The zero-order valence-electron chi connectivity index (χ0n) is 12.1. The van der Waals surface area contributed by atoms with Crippen LogP contribution in [0, 0.1) is 17.1 Å². The molecule has 0 unspecified atom stereocenters. The van der Waals surface area contributed by atoms with E-state index in [1.165, 1.54) is 22.6 Å². The third-order valence-corrected chi connectivity index (χ3v) is 3.45. The van der Waals surface area contributed by atoms with E-state index >= 15 is 0 Å². The standard InChI is InChI=1S/C16H11FN4O2/c1-2-12-14(21-8-11(17)7-19-16(21)20-12)15(23)9-3-4-13(22)10(5-9)6-18/h3-5,7-8,22H,2H2,1H3. The Morgan fingerprint density at radius 2 is 2.26 bits per heavy atom. The van der Waals surface area contributed by atoms with Crippen LogP contribution >= 0.6 is 0 Å². The van der Waals surface area contributed by atoms with Gasteiger partial charge in [-0.05, 0) is 24.6 Å². The summed E-state index contributed by atoms with van der Waals surface area (Å²) in [5, 5.41) is 18.5. The lowest BCUT2D eigenvalue weighted by Gasteiger charge is -2.05. The summed E-state index contributed by atoms with van der Waals surface area (Å²) in [4.78, 5) is 20.9. The van der Waals surface area contributed by atoms with Crippen molar-refractivity contribution >= 4 is 11.6 Å². The fourth-order valence-corrected chi connectivity index (χ4v) is 2.35. The highest BCUT2D eigenvalue weighted by molar-refractivity contribution is 6.09. The van der Waals surface area contributed by atoms with E-state index in [2.05, 4.69) is 9.97 Å². The molecule has 0 amide bonds. The topological polar surface area (TPSA) is 91.3 Å². The minimum absolute atomic E-state index is 0.00738. The highest BCUT2D eigenvalue weighted by Crippen LogP contribution is 2.22. The molecule has 7 heteroatoms. The molecule has 0 aliphatic heterocycles. The van der Waals surface area contributed by atoms with Gasteiger partial charge >= 0.3 is 0 Å². The maximum Gasteiger partial charge on any atom is 0.234 e. The lowest BCUT2D eigenvalue weighted by atomic mass is 10.0. The van der Waals surface area contributed by atoms with Gasteiger partial charge in [-0.1, -0.05) is 6.92 Å². The van der Waals surface area contributed by atoms with E-state index < -0.39 is 11.6 Å². The van der Waals surface area contributed by atoms with Gasteiger partial charge in [0, 0.05) is 5.56 Å². The molecule has 0 spiro atoms. The van der Waals surface area contributed by atoms with E-state index in [0.29, 0.717) is 12.1 Å². The third kappa shape index (κ3) is 2.40. The van der Waals surface area contributed by atoms with Crippen LogP contribution in [0.25, 0.3) is 5.78 Å². The number of carbonyl (C=O) groups excluding carboxylic acids is 1. The number of aromatic nitrogens is 3. The van der Waals surface area contributed by atoms with E-state index in [1.807, 2.05) is 13.0 Å². The number of aryl methyl sites for hydroxylation is 1. The molecule has 1 N–H and O–H groups in total. The zero-order chi connectivity index (χ0) is 16.6. The van der Waals surface area contributed by atoms with Crippen LogP contribution in [0.4, 0.5) is 4.39 Å². The molecule has 23 heavy (non-hydrogen) atoms. The van der Waals surface area contributed by atoms with Crippen LogP contribution in [0.15, 0.2) is 30.6 Å². The Morgan fingerprint density at radius 1 is 1.48 bits per heavy atom. The van der Waals surface area contributed by atoms with Crippen molar-refractivity contribution in [3.63, 3.8) is 0 Å². The Bertz CT molecular complexity index is 972. The number of rotatable bonds is 3. The van der Waals surface area contributed by atoms with Crippen LogP contribution in [0.2, 0.25) is 0 Å². The molecule has 0 radical (unpaired) electrons. The molecule has 0 aliphatic carbocycles. The summed E-state index contributed by atoms with van der Waals surface area (Å²) >= 11 is 0. The normalized spacial score (nSPS) is 10.7. The monoisotopic (exact) mass is 310 g/mol. The van der Waals surface area contributed by atoms with Crippen molar-refractivity contribution < 1.29 is 14.3 Å². The maximum absolute atomic E-state index is 13.5. The van der Waals surface area contributed by atoms with Gasteiger partial charge in [0.25, 0.3) is 0 Å². The highest BCUT2D eigenvalue weighted by atomic mass is 19.1. The summed E-state index contributed by atoms with van der Waals surface area (Å²) in [7, 11) is 0. The summed E-state index contributed by atoms with van der Waals surface area (Å²) in [5.74, 6) is -0.982. The summed E-state index contributed by atoms with van der Waals surface area (Å²) in [6.45, 7) is 1.83. The third-order valence-electron chi connectivity index (χ3n) is 3.45. The second kappa shape index (κ2) is 5.50. The molecule has 0 aliphatic rings. The fraction of sp³-hybridized carbons (Fsp3) is 0.125. The van der Waals surface area contributed by atoms with Gasteiger partial charge in [0.15, 0.2) is 5.82 Å². The van der Waals surface area contributed by atoms with E-state index in [1.54, 1.807) is 0 Å². The number of halogens is 1. The molecular formula is C16H11FN4O2. The molecule has 0 saturated heterocycles. The van der Waals surface area contributed by atoms with Gasteiger partial charge in [-0.3, -0.25) is 9.20 Å². The average Bonchev–Trinajstić information content (AvgIpc) is 2.92. The van der Waals surface area contributed by atoms with Crippen LogP contribution in [0.5, 0.6) is 5.75 Å². The fourth-order valence-electron chi connectivity index (χ4n) is 2.35. The summed E-state index contributed by atoms with van der Waals surface area (Å²) in [6.07, 6.45) is 2.65. The zero-order valence-corrected chi connectivity index (χ0v) is 12.1. The summed E-state index contributed by atoms with van der Waals surface area (Å²) in [5.41, 5.74) is 0.885. The number of ketones is 1. The molecule has 114 valence electrons. The molecule has 0 bridgehead atoms. The molecule has 3 aromatic rings. The van der Waals surface area contributed by atoms with Gasteiger partial charge in [-0.2, -0.15) is 5.26 Å². The number of nitrogens with zero attached hydrogens (tertiary/aromatic N) is 4. The number of hydrogen-bond acceptors (Lipinski definition) is 5. The quantitative estimate of drug-likeness (QED) is 0.749. The Kier molecular flexibility index (Phi) is 3.50. The van der Waals surface area contributed by atoms with Crippen molar-refractivity contribution in [1.82, 2.24) is 14.4 Å². The second-order valence-electron chi connectivity index (χ2n) is 4.88. The van der Waals surface area contributed by atoms with Crippen LogP contribution in [-0.2, 0) is 6.42 Å². The van der Waals surface area contributed by atoms with Crippen molar-refractivity contribution in [2.45, 2.75) is 13.3 Å². The molecule has 0 atom stereocenters. The van der Waals surface area contributed by atoms with Crippen molar-refractivity contribution in [3.8, 4) is 11.8 Å². The molecule has 2 aromatic heterocycles. The molecule has 0 saturated carbocycles. The van der Waals surface area contributed by atoms with Crippen LogP contribution < -0.4 is 0 Å². The first-order valence-electron chi connectivity index (χ1n) is 6.85. The first-order valence-corrected chi connectivity index (χ1v) is 6.85. The van der Waals surface area contributed by atoms with Gasteiger partial charge in [-0.15, -0.1) is 0 Å². The van der Waals surface area contributed by atoms with Gasteiger partial charge in [0.1, 0.15) is 17.5 Å². The Morgan fingerprint density at radius 3 is 2.96 bits per heavy atom. The highest BCUT2D eigenvalue weighted by Gasteiger charge is 2.21. The minimum Gasteiger partial charge on any atom is -0.507 e. The van der Waals surface area contributed by atoms with Crippen LogP contribution in [0.3, 0.4) is 0 Å². The van der Waals surface area contributed by atoms with Gasteiger partial charge in [-0.25, -0.2) is 14.4 Å². The molecule has 6 nitrogen and oxygen atoms in total. The van der Waals surface area contributed by atoms with E-state index in [0.717, 1.165) is 12.4 Å². The summed E-state index contributed by atoms with van der Waals surface area (Å²) in [6, 6.07) is 5.79. The Hall–Kier alpha value is -3.27. The number of benzene rings is 1. The molecular weight excluding hydrogens is 299 g/mol. The number of phenolic OH excluding ortho intramolecular Hbond substituents is 1. The number of phenols is 1. The minimum atomic E-state index is -0.588. The molecule has 0 fully saturated rings. The second-order valence-corrected chi connectivity index (χ2v) is 4.88. The Balaban J connectivity index is 2.21. The van der Waals surface area contributed by atoms with Crippen molar-refractivity contribution in [2.75, 3.05) is 0 Å². The SMILES string of the molecule is CCc1nc2ncc(F)cn2c1C(=O)c1ccc(O)c(C#N)c1. The van der Waals surface area contributed by atoms with Gasteiger partial charge < -0.3 is 5.11 Å². The number of imidazole rings is 1. The number of nitriles is 1. The van der Waals surface area contributed by atoms with Crippen molar-refractivity contribution in [1.29, 1.82) is 5.26 Å². The smallest absolute Gasteiger partial charge is 0.234 e. The first-order chi connectivity index (χ1) is 11.0. The first kappa shape index (κ1) is 14.7. The average molecular weight is 310 g/mol. The number of fused-ring (bicyclic) bond motifs is 1. The lowest BCUT2D eigenvalue weighted by Crippen LogP contribution is -2.09. The lowest BCUT2D eigenvalue weighted by molar-refractivity contribution is 0.103. The number of hydrogen-bond donors (Lipinski definition) is 1. The van der Waals surface area contributed by atoms with Crippen LogP contribution in [0.1, 0.15) is 34.2 Å². The van der Waals surface area contributed by atoms with Gasteiger partial charge in [0.05, 0.1) is 23.7 Å². The maximum atomic E-state index is 13.5. The van der Waals surface area contributed by atoms with Crippen LogP contribution in [-0.4, -0.2) is 25.3 Å². The summed E-state index contributed by atoms with van der Waals surface area (Å²) < 4.78 is 14.8. The van der Waals surface area contributed by atoms with Gasteiger partial charge in [0.2, 0.25) is 11.6 Å². The molecule has 1 aromatic carbocycles.